The van der Waals surface area contributed by atoms with Gasteiger partial charge in [0.1, 0.15) is 5.75 Å². The summed E-state index contributed by atoms with van der Waals surface area (Å²) in [5, 5.41) is 10.2. The number of halogens is 1. The molecule has 0 unspecified atom stereocenters. The third kappa shape index (κ3) is 3.73. The van der Waals surface area contributed by atoms with Gasteiger partial charge in [-0.25, -0.2) is 0 Å². The van der Waals surface area contributed by atoms with Crippen LogP contribution in [0.1, 0.15) is 38.4 Å². The van der Waals surface area contributed by atoms with E-state index in [0.717, 1.165) is 24.2 Å². The first-order chi connectivity index (χ1) is 7.15. The second-order valence-electron chi connectivity index (χ2n) is 3.56. The lowest BCUT2D eigenvalue weighted by Gasteiger charge is -2.13. The number of aliphatic hydroxyl groups excluding tert-OH is 1. The largest absolute Gasteiger partial charge is 0.493 e. The van der Waals surface area contributed by atoms with Crippen LogP contribution in [0.4, 0.5) is 0 Å². The van der Waals surface area contributed by atoms with Crippen LogP contribution in [0.5, 0.6) is 5.75 Å². The Hall–Kier alpha value is -0.730. The number of ether oxygens (including phenoxy) is 1. The molecule has 15 heavy (non-hydrogen) atoms. The molecule has 1 aromatic carbocycles. The Labute approximate surface area is 95.8 Å². The second-order valence-corrected chi connectivity index (χ2v) is 4.00. The maximum Gasteiger partial charge on any atom is 0.125 e. The van der Waals surface area contributed by atoms with Gasteiger partial charge in [0.2, 0.25) is 0 Å². The maximum atomic E-state index is 9.55. The van der Waals surface area contributed by atoms with Gasteiger partial charge >= 0.3 is 0 Å². The summed E-state index contributed by atoms with van der Waals surface area (Å²) in [6.45, 7) is 4.50. The number of unbranched alkanes of at least 4 members (excludes halogenated alkanes) is 1. The first-order valence-corrected chi connectivity index (χ1v) is 5.63. The Kier molecular flexibility index (Phi) is 4.92. The van der Waals surface area contributed by atoms with Gasteiger partial charge in [-0.2, -0.15) is 0 Å². The number of hydrogen-bond acceptors (Lipinski definition) is 2. The predicted octanol–water partition coefficient (Wildman–Crippen LogP) is 3.57. The van der Waals surface area contributed by atoms with Crippen molar-refractivity contribution in [2.75, 3.05) is 6.61 Å². The smallest absolute Gasteiger partial charge is 0.125 e. The zero-order valence-electron chi connectivity index (χ0n) is 9.16. The van der Waals surface area contributed by atoms with Crippen molar-refractivity contribution in [3.63, 3.8) is 0 Å². The molecule has 1 aromatic rings. The number of benzene rings is 1. The molecule has 0 amide bonds. The van der Waals surface area contributed by atoms with Crippen LogP contribution in [0.15, 0.2) is 18.2 Å². The van der Waals surface area contributed by atoms with Gasteiger partial charge in [0.05, 0.1) is 12.7 Å². The molecule has 84 valence electrons. The number of rotatable bonds is 5. The maximum absolute atomic E-state index is 9.55. The summed E-state index contributed by atoms with van der Waals surface area (Å²) in [4.78, 5) is 0. The van der Waals surface area contributed by atoms with Crippen LogP contribution in [0.25, 0.3) is 0 Å². The average Bonchev–Trinajstić information content (AvgIpc) is 2.20. The quantitative estimate of drug-likeness (QED) is 0.781. The highest BCUT2D eigenvalue weighted by Gasteiger charge is 2.09. The summed E-state index contributed by atoms with van der Waals surface area (Å²) < 4.78 is 5.58. The molecule has 1 N–H and O–H groups in total. The summed E-state index contributed by atoms with van der Waals surface area (Å²) in [5.74, 6) is 0.725. The van der Waals surface area contributed by atoms with E-state index in [4.69, 9.17) is 16.3 Å². The van der Waals surface area contributed by atoms with Gasteiger partial charge in [-0.15, -0.1) is 0 Å². The second kappa shape index (κ2) is 5.99. The highest BCUT2D eigenvalue weighted by molar-refractivity contribution is 6.30. The molecule has 0 bridgehead atoms. The highest BCUT2D eigenvalue weighted by Crippen LogP contribution is 2.28. The molecule has 0 saturated carbocycles. The van der Waals surface area contributed by atoms with E-state index < -0.39 is 6.10 Å². The van der Waals surface area contributed by atoms with Crippen LogP contribution in [0.3, 0.4) is 0 Å². The third-order valence-electron chi connectivity index (χ3n) is 2.18. The van der Waals surface area contributed by atoms with E-state index in [0.29, 0.717) is 11.6 Å². The fourth-order valence-electron chi connectivity index (χ4n) is 1.30. The molecule has 0 fully saturated rings. The topological polar surface area (TPSA) is 29.5 Å². The molecule has 0 saturated heterocycles. The molecule has 3 heteroatoms. The zero-order valence-corrected chi connectivity index (χ0v) is 9.92. The minimum Gasteiger partial charge on any atom is -0.493 e. The summed E-state index contributed by atoms with van der Waals surface area (Å²) in [6.07, 6.45) is 1.56. The fraction of sp³-hybridized carbons (Fsp3) is 0.500. The minimum atomic E-state index is -0.555. The van der Waals surface area contributed by atoms with Crippen molar-refractivity contribution in [3.05, 3.63) is 28.8 Å². The van der Waals surface area contributed by atoms with E-state index in [1.54, 1.807) is 25.1 Å². The number of hydrogen-bond donors (Lipinski definition) is 1. The normalized spacial score (nSPS) is 12.5. The van der Waals surface area contributed by atoms with Crippen LogP contribution in [0.2, 0.25) is 5.02 Å². The summed E-state index contributed by atoms with van der Waals surface area (Å²) in [6, 6.07) is 5.32. The van der Waals surface area contributed by atoms with Crippen molar-refractivity contribution in [2.45, 2.75) is 32.8 Å². The summed E-state index contributed by atoms with van der Waals surface area (Å²) >= 11 is 5.86. The standard InChI is InChI=1S/C12H17ClO2/c1-3-4-7-15-12-6-5-10(13)8-11(12)9(2)14/h5-6,8-9,14H,3-4,7H2,1-2H3/t9-/m0/s1. The van der Waals surface area contributed by atoms with Crippen LogP contribution in [-0.2, 0) is 0 Å². The van der Waals surface area contributed by atoms with Gasteiger partial charge in [-0.05, 0) is 31.5 Å². The van der Waals surface area contributed by atoms with Gasteiger partial charge in [-0.3, -0.25) is 0 Å². The van der Waals surface area contributed by atoms with E-state index in [1.165, 1.54) is 0 Å². The molecular formula is C12H17ClO2. The van der Waals surface area contributed by atoms with E-state index in [-0.39, 0.29) is 0 Å². The van der Waals surface area contributed by atoms with Crippen LogP contribution in [-0.4, -0.2) is 11.7 Å². The van der Waals surface area contributed by atoms with Crippen molar-refractivity contribution < 1.29 is 9.84 Å². The van der Waals surface area contributed by atoms with Gasteiger partial charge in [-0.1, -0.05) is 24.9 Å². The molecule has 0 spiro atoms. The van der Waals surface area contributed by atoms with Crippen LogP contribution in [0, 0.1) is 0 Å². The van der Waals surface area contributed by atoms with Crippen LogP contribution < -0.4 is 4.74 Å². The lowest BCUT2D eigenvalue weighted by Crippen LogP contribution is -2.01. The fourth-order valence-corrected chi connectivity index (χ4v) is 1.48. The summed E-state index contributed by atoms with van der Waals surface area (Å²) in [7, 11) is 0. The Morgan fingerprint density at radius 3 is 2.80 bits per heavy atom. The monoisotopic (exact) mass is 228 g/mol. The molecule has 0 aliphatic heterocycles. The van der Waals surface area contributed by atoms with E-state index in [2.05, 4.69) is 6.92 Å². The Morgan fingerprint density at radius 2 is 2.20 bits per heavy atom. The molecule has 0 aliphatic carbocycles. The van der Waals surface area contributed by atoms with Gasteiger partial charge in [0, 0.05) is 10.6 Å². The summed E-state index contributed by atoms with van der Waals surface area (Å²) in [5.41, 5.74) is 0.749. The third-order valence-corrected chi connectivity index (χ3v) is 2.41. The SMILES string of the molecule is CCCCOc1ccc(Cl)cc1[C@H](C)O. The highest BCUT2D eigenvalue weighted by atomic mass is 35.5. The molecule has 0 aliphatic rings. The first-order valence-electron chi connectivity index (χ1n) is 5.25. The average molecular weight is 229 g/mol. The van der Waals surface area contributed by atoms with Crippen molar-refractivity contribution in [1.29, 1.82) is 0 Å². The molecular weight excluding hydrogens is 212 g/mol. The van der Waals surface area contributed by atoms with E-state index >= 15 is 0 Å². The van der Waals surface area contributed by atoms with E-state index in [1.807, 2.05) is 0 Å². The Bertz CT molecular complexity index is 310. The van der Waals surface area contributed by atoms with Gasteiger partial charge < -0.3 is 9.84 Å². The van der Waals surface area contributed by atoms with Crippen molar-refractivity contribution in [2.24, 2.45) is 0 Å². The van der Waals surface area contributed by atoms with Crippen molar-refractivity contribution >= 4 is 11.6 Å². The zero-order chi connectivity index (χ0) is 11.3. The van der Waals surface area contributed by atoms with E-state index in [9.17, 15) is 5.11 Å². The lowest BCUT2D eigenvalue weighted by atomic mass is 10.1. The molecule has 1 atom stereocenters. The lowest BCUT2D eigenvalue weighted by molar-refractivity contribution is 0.191. The first kappa shape index (κ1) is 12.3. The number of aliphatic hydroxyl groups is 1. The Balaban J connectivity index is 2.77. The molecule has 2 nitrogen and oxygen atoms in total. The van der Waals surface area contributed by atoms with Crippen LogP contribution >= 0.6 is 11.6 Å². The van der Waals surface area contributed by atoms with Gasteiger partial charge in [0.15, 0.2) is 0 Å². The van der Waals surface area contributed by atoms with Crippen molar-refractivity contribution in [1.82, 2.24) is 0 Å². The Morgan fingerprint density at radius 1 is 1.47 bits per heavy atom. The molecule has 0 radical (unpaired) electrons. The predicted molar refractivity (Wildman–Crippen MR) is 62.5 cm³/mol. The van der Waals surface area contributed by atoms with Gasteiger partial charge in [0.25, 0.3) is 0 Å². The molecule has 1 rings (SSSR count). The molecule has 0 aromatic heterocycles. The minimum absolute atomic E-state index is 0.555. The van der Waals surface area contributed by atoms with Crippen molar-refractivity contribution in [3.8, 4) is 5.75 Å². The molecule has 0 heterocycles.